The Morgan fingerprint density at radius 3 is 2.38 bits per heavy atom. The van der Waals surface area contributed by atoms with E-state index in [4.69, 9.17) is 16.7 Å². The number of carbonyl (C=O) groups excluding carboxylic acids is 1. The fourth-order valence-corrected chi connectivity index (χ4v) is 0.841. The third kappa shape index (κ3) is 3.37. The van der Waals surface area contributed by atoms with Gasteiger partial charge in [-0.05, 0) is 0 Å². The Hall–Kier alpha value is -0.530. The minimum absolute atomic E-state index is 0.125. The molecule has 0 aromatic rings. The molecule has 0 radical (unpaired) electrons. The van der Waals surface area contributed by atoms with Gasteiger partial charge in [0.1, 0.15) is 24.4 Å². The summed E-state index contributed by atoms with van der Waals surface area (Å²) in [6.45, 7) is -1.93. The summed E-state index contributed by atoms with van der Waals surface area (Å²) in [6.07, 6.45) is -6.39. The predicted octanol–water partition coefficient (Wildman–Crippen LogP) is -2.72. The molecule has 6 nitrogen and oxygen atoms in total. The summed E-state index contributed by atoms with van der Waals surface area (Å²) in [6, 6.07) is 0. The Morgan fingerprint density at radius 1 is 1.54 bits per heavy atom. The lowest BCUT2D eigenvalue weighted by molar-refractivity contribution is -0.143. The molecule has 0 saturated heterocycles. The van der Waals surface area contributed by atoms with Gasteiger partial charge in [-0.25, -0.2) is 0 Å². The van der Waals surface area contributed by atoms with Crippen LogP contribution in [0.15, 0.2) is 0 Å². The van der Waals surface area contributed by atoms with E-state index in [1.54, 1.807) is 0 Å². The van der Waals surface area contributed by atoms with Crippen molar-refractivity contribution in [3.63, 3.8) is 0 Å². The van der Waals surface area contributed by atoms with Gasteiger partial charge in [0.05, 0.1) is 7.95 Å². The van der Waals surface area contributed by atoms with Gasteiger partial charge in [-0.15, -0.1) is 0 Å². The molecule has 0 rings (SSSR count). The molecule has 0 heterocycles. The van der Waals surface area contributed by atoms with Crippen LogP contribution in [-0.2, 0) is 9.53 Å². The van der Waals surface area contributed by atoms with Crippen molar-refractivity contribution in [2.24, 2.45) is 0 Å². The molecule has 0 bridgehead atoms. The minimum atomic E-state index is -1.93. The van der Waals surface area contributed by atoms with Crippen LogP contribution in [0.2, 0.25) is 0 Å². The number of hydrogen-bond donors (Lipinski definition) is 4. The van der Waals surface area contributed by atoms with Crippen LogP contribution in [0.3, 0.4) is 0 Å². The molecule has 4 N–H and O–H groups in total. The minimum Gasteiger partial charge on any atom is -0.394 e. The van der Waals surface area contributed by atoms with Crippen LogP contribution in [0.5, 0.6) is 0 Å². The van der Waals surface area contributed by atoms with Crippen LogP contribution in [0, 0.1) is 0 Å². The van der Waals surface area contributed by atoms with Crippen molar-refractivity contribution in [1.82, 2.24) is 0 Å². The summed E-state index contributed by atoms with van der Waals surface area (Å²) in [5.41, 5.74) is 0. The van der Waals surface area contributed by atoms with Gasteiger partial charge < -0.3 is 30.0 Å². The van der Waals surface area contributed by atoms with Crippen LogP contribution >= 0.6 is 0 Å². The first kappa shape index (κ1) is 10.6. The first-order valence-corrected chi connectivity index (χ1v) is 3.58. The third-order valence-corrected chi connectivity index (χ3v) is 1.59. The predicted molar refractivity (Wildman–Crippen MR) is 42.0 cm³/mol. The summed E-state index contributed by atoms with van der Waals surface area (Å²) in [5, 5.41) is 36.0. The van der Waals surface area contributed by atoms with Crippen LogP contribution in [0.1, 0.15) is 1.37 Å². The average molecular weight is 195 g/mol. The van der Waals surface area contributed by atoms with Gasteiger partial charge >= 0.3 is 0 Å². The largest absolute Gasteiger partial charge is 0.394 e. The molecule has 78 valence electrons. The summed E-state index contributed by atoms with van der Waals surface area (Å²) < 4.78 is 11.3. The number of ether oxygens (including phenoxy) is 1. The average Bonchev–Trinajstić information content (AvgIpc) is 2.16. The maximum absolute atomic E-state index is 10.2. The molecule has 13 heavy (non-hydrogen) atoms. The van der Waals surface area contributed by atoms with Crippen molar-refractivity contribution < 1.29 is 31.3 Å². The molecule has 0 spiro atoms. The molecule has 0 aromatic heterocycles. The summed E-state index contributed by atoms with van der Waals surface area (Å²) in [5.74, 6) is 0. The van der Waals surface area contributed by atoms with Crippen molar-refractivity contribution in [3.05, 3.63) is 0 Å². The standard InChI is InChI=1S/C7H14O6/c1-13-7(5(11)3-9)6(12)4(10)2-8/h3-8,10-12H,2H2,1H3/t4-,5+,6-,7-/m1/s1/i2D/t2?,4-,5+,6-,7-. The van der Waals surface area contributed by atoms with Gasteiger partial charge in [0, 0.05) is 7.11 Å². The molecule has 0 fully saturated rings. The van der Waals surface area contributed by atoms with E-state index < -0.39 is 31.0 Å². The SMILES string of the molecule is [2H]C(O)[C@@H](O)[C@@H](O)[C@H](OC)[C@@H](O)C=O. The highest BCUT2D eigenvalue weighted by Gasteiger charge is 2.31. The molecule has 0 amide bonds. The van der Waals surface area contributed by atoms with E-state index in [1.165, 1.54) is 0 Å². The van der Waals surface area contributed by atoms with Gasteiger partial charge in [0.25, 0.3) is 0 Å². The highest BCUT2D eigenvalue weighted by atomic mass is 16.5. The lowest BCUT2D eigenvalue weighted by atomic mass is 10.0. The molecule has 0 saturated carbocycles. The first-order valence-electron chi connectivity index (χ1n) is 4.16. The number of aliphatic hydroxyl groups excluding tert-OH is 4. The van der Waals surface area contributed by atoms with E-state index in [0.717, 1.165) is 7.11 Å². The molecule has 0 aliphatic heterocycles. The highest BCUT2D eigenvalue weighted by molar-refractivity contribution is 5.56. The lowest BCUT2D eigenvalue weighted by Crippen LogP contribution is -2.47. The van der Waals surface area contributed by atoms with Gasteiger partial charge in [-0.1, -0.05) is 0 Å². The van der Waals surface area contributed by atoms with E-state index in [-0.39, 0.29) is 6.29 Å². The van der Waals surface area contributed by atoms with Crippen molar-refractivity contribution >= 4 is 6.29 Å². The van der Waals surface area contributed by atoms with Gasteiger partial charge in [0.2, 0.25) is 0 Å². The maximum Gasteiger partial charge on any atom is 0.151 e. The molecule has 1 unspecified atom stereocenters. The van der Waals surface area contributed by atoms with Crippen LogP contribution in [-0.4, -0.2) is 64.8 Å². The topological polar surface area (TPSA) is 107 Å². The number of aldehydes is 1. The second-order valence-corrected chi connectivity index (χ2v) is 2.46. The second-order valence-electron chi connectivity index (χ2n) is 2.46. The van der Waals surface area contributed by atoms with Gasteiger partial charge in [0.15, 0.2) is 6.29 Å². The Kier molecular flexibility index (Phi) is 4.87. The zero-order chi connectivity index (χ0) is 11.3. The maximum atomic E-state index is 10.2. The molecular weight excluding hydrogens is 180 g/mol. The smallest absolute Gasteiger partial charge is 0.151 e. The van der Waals surface area contributed by atoms with Crippen LogP contribution in [0.25, 0.3) is 0 Å². The normalized spacial score (nSPS) is 23.9. The zero-order valence-electron chi connectivity index (χ0n) is 8.07. The van der Waals surface area contributed by atoms with E-state index in [0.29, 0.717) is 0 Å². The molecule has 5 atom stereocenters. The van der Waals surface area contributed by atoms with Crippen molar-refractivity contribution in [1.29, 1.82) is 0 Å². The second kappa shape index (κ2) is 6.01. The van der Waals surface area contributed by atoms with E-state index in [9.17, 15) is 9.90 Å². The fourth-order valence-electron chi connectivity index (χ4n) is 0.841. The molecule has 0 aliphatic carbocycles. The highest BCUT2D eigenvalue weighted by Crippen LogP contribution is 2.07. The first-order chi connectivity index (χ1) is 6.45. The number of rotatable bonds is 6. The molecule has 0 aliphatic rings. The van der Waals surface area contributed by atoms with E-state index in [1.807, 2.05) is 0 Å². The number of methoxy groups -OCH3 is 1. The Labute approximate surface area is 76.8 Å². The van der Waals surface area contributed by atoms with Gasteiger partial charge in [-0.3, -0.25) is 0 Å². The Balaban J connectivity index is 4.44. The number of hydrogen-bond acceptors (Lipinski definition) is 6. The van der Waals surface area contributed by atoms with Crippen molar-refractivity contribution in [2.45, 2.75) is 24.4 Å². The fraction of sp³-hybridized carbons (Fsp3) is 0.857. The van der Waals surface area contributed by atoms with E-state index in [2.05, 4.69) is 4.74 Å². The number of aliphatic hydroxyl groups is 4. The monoisotopic (exact) mass is 195 g/mol. The van der Waals surface area contributed by atoms with Crippen LogP contribution < -0.4 is 0 Å². The summed E-state index contributed by atoms with van der Waals surface area (Å²) in [7, 11) is 1.11. The summed E-state index contributed by atoms with van der Waals surface area (Å²) >= 11 is 0. The zero-order valence-corrected chi connectivity index (χ0v) is 7.07. The Morgan fingerprint density at radius 2 is 2.08 bits per heavy atom. The number of carbonyl (C=O) groups is 1. The Bertz CT molecular complexity index is 176. The molecule has 6 heteroatoms. The van der Waals surface area contributed by atoms with Crippen molar-refractivity contribution in [3.8, 4) is 0 Å². The van der Waals surface area contributed by atoms with Crippen molar-refractivity contribution in [2.75, 3.05) is 13.7 Å². The third-order valence-electron chi connectivity index (χ3n) is 1.59. The van der Waals surface area contributed by atoms with Gasteiger partial charge in [-0.2, -0.15) is 0 Å². The quantitative estimate of drug-likeness (QED) is 0.343. The summed E-state index contributed by atoms with van der Waals surface area (Å²) in [4.78, 5) is 10.2. The molecular formula is C7H14O6. The van der Waals surface area contributed by atoms with Crippen LogP contribution in [0.4, 0.5) is 0 Å². The molecule has 0 aromatic carbocycles. The lowest BCUT2D eigenvalue weighted by Gasteiger charge is -2.25. The van der Waals surface area contributed by atoms with E-state index >= 15 is 0 Å².